The molecule has 140 valence electrons. The molecular weight excluding hydrogens is 336 g/mol. The molecule has 0 aliphatic carbocycles. The van der Waals surface area contributed by atoms with Gasteiger partial charge in [0, 0.05) is 12.3 Å². The van der Waals surface area contributed by atoms with Crippen molar-refractivity contribution in [1.82, 2.24) is 0 Å². The van der Waals surface area contributed by atoms with Crippen molar-refractivity contribution in [3.05, 3.63) is 95.6 Å². The minimum Gasteiger partial charge on any atom is -0.497 e. The van der Waals surface area contributed by atoms with Crippen molar-refractivity contribution in [2.75, 3.05) is 7.11 Å². The molecule has 0 N–H and O–H groups in total. The lowest BCUT2D eigenvalue weighted by atomic mass is 9.71. The normalized spacial score (nSPS) is 12.4. The Morgan fingerprint density at radius 3 is 1.63 bits per heavy atom. The summed E-state index contributed by atoms with van der Waals surface area (Å²) in [5.74, 6) is 1.06. The van der Waals surface area contributed by atoms with Crippen LogP contribution in [0.15, 0.2) is 78.9 Å². The first-order chi connectivity index (χ1) is 12.5. The van der Waals surface area contributed by atoms with Crippen LogP contribution in [0.5, 0.6) is 11.5 Å². The van der Waals surface area contributed by atoms with Crippen molar-refractivity contribution in [1.29, 1.82) is 0 Å². The van der Waals surface area contributed by atoms with E-state index in [1.165, 1.54) is 12.5 Å². The Morgan fingerprint density at radius 1 is 0.741 bits per heavy atom. The Labute approximate surface area is 161 Å². The lowest BCUT2D eigenvalue weighted by Gasteiger charge is -2.32. The number of hydrogen-bond donors (Lipinski definition) is 0. The van der Waals surface area contributed by atoms with Crippen LogP contribution >= 0.6 is 0 Å². The van der Waals surface area contributed by atoms with Gasteiger partial charge >= 0.3 is 5.97 Å². The summed E-state index contributed by atoms with van der Waals surface area (Å²) >= 11 is 0. The summed E-state index contributed by atoms with van der Waals surface area (Å²) in [6.07, 6.45) is 0. The maximum Gasteiger partial charge on any atom is 0.308 e. The van der Waals surface area contributed by atoms with Gasteiger partial charge in [0.2, 0.25) is 0 Å². The number of benzene rings is 3. The van der Waals surface area contributed by atoms with Gasteiger partial charge in [-0.3, -0.25) is 4.79 Å². The van der Waals surface area contributed by atoms with Crippen LogP contribution in [0.4, 0.5) is 0 Å². The van der Waals surface area contributed by atoms with E-state index in [1.54, 1.807) is 7.11 Å². The molecule has 0 fully saturated rings. The van der Waals surface area contributed by atoms with Crippen LogP contribution in [-0.4, -0.2) is 13.1 Å². The molecule has 3 aromatic rings. The third-order valence-electron chi connectivity index (χ3n) is 4.71. The van der Waals surface area contributed by atoms with E-state index in [-0.39, 0.29) is 18.8 Å². The first-order valence-corrected chi connectivity index (χ1v) is 8.53. The molecule has 0 aromatic heterocycles. The van der Waals surface area contributed by atoms with Crippen molar-refractivity contribution in [2.45, 2.75) is 26.7 Å². The molecule has 27 heavy (non-hydrogen) atoms. The molecule has 3 nitrogen and oxygen atoms in total. The van der Waals surface area contributed by atoms with E-state index in [4.69, 9.17) is 9.47 Å². The fraction of sp³-hybridized carbons (Fsp3) is 0.208. The summed E-state index contributed by atoms with van der Waals surface area (Å²) in [6.45, 7) is 3.60. The van der Waals surface area contributed by atoms with Gasteiger partial charge in [-0.1, -0.05) is 62.0 Å². The van der Waals surface area contributed by atoms with E-state index < -0.39 is 0 Å². The maximum atomic E-state index is 11.2. The molecule has 0 heterocycles. The standard InChI is InChI=1S/C23H22O3.CH4/c1-17(24)26-22-15-11-20(12-16-22)23(2,18-7-5-4-6-8-18)19-9-13-21(25-3)14-10-19;/h4-16H,1-3H3;1H4. The summed E-state index contributed by atoms with van der Waals surface area (Å²) in [4.78, 5) is 11.2. The molecule has 0 spiro atoms. The summed E-state index contributed by atoms with van der Waals surface area (Å²) < 4.78 is 10.5. The summed E-state index contributed by atoms with van der Waals surface area (Å²) in [5, 5.41) is 0. The number of esters is 1. The van der Waals surface area contributed by atoms with Crippen LogP contribution in [-0.2, 0) is 10.2 Å². The molecule has 0 saturated carbocycles. The molecule has 0 bridgehead atoms. The SMILES string of the molecule is C.COc1ccc(C(C)(c2ccccc2)c2ccc(OC(C)=O)cc2)cc1. The fourth-order valence-corrected chi connectivity index (χ4v) is 3.22. The Kier molecular flexibility index (Phi) is 6.40. The topological polar surface area (TPSA) is 35.5 Å². The predicted molar refractivity (Wildman–Crippen MR) is 109 cm³/mol. The zero-order valence-electron chi connectivity index (χ0n) is 15.2. The van der Waals surface area contributed by atoms with E-state index in [1.807, 2.05) is 54.6 Å². The molecule has 0 radical (unpaired) electrons. The number of ether oxygens (including phenoxy) is 2. The van der Waals surface area contributed by atoms with Gasteiger partial charge in [-0.2, -0.15) is 0 Å². The van der Waals surface area contributed by atoms with Gasteiger partial charge in [-0.15, -0.1) is 0 Å². The molecule has 0 saturated heterocycles. The Hall–Kier alpha value is -3.07. The molecule has 0 aliphatic heterocycles. The van der Waals surface area contributed by atoms with Gasteiger partial charge in [0.1, 0.15) is 11.5 Å². The fourth-order valence-electron chi connectivity index (χ4n) is 3.22. The molecule has 3 rings (SSSR count). The lowest BCUT2D eigenvalue weighted by Crippen LogP contribution is -2.25. The highest BCUT2D eigenvalue weighted by Gasteiger charge is 2.31. The van der Waals surface area contributed by atoms with Crippen molar-refractivity contribution < 1.29 is 14.3 Å². The second-order valence-corrected chi connectivity index (χ2v) is 6.34. The van der Waals surface area contributed by atoms with Crippen LogP contribution in [0.1, 0.15) is 38.0 Å². The second-order valence-electron chi connectivity index (χ2n) is 6.34. The first-order valence-electron chi connectivity index (χ1n) is 8.53. The number of methoxy groups -OCH3 is 1. The minimum absolute atomic E-state index is 0. The largest absolute Gasteiger partial charge is 0.497 e. The van der Waals surface area contributed by atoms with Gasteiger partial charge < -0.3 is 9.47 Å². The number of hydrogen-bond acceptors (Lipinski definition) is 3. The molecule has 1 atom stereocenters. The highest BCUT2D eigenvalue weighted by Crippen LogP contribution is 2.39. The van der Waals surface area contributed by atoms with Crippen molar-refractivity contribution in [2.24, 2.45) is 0 Å². The maximum absolute atomic E-state index is 11.2. The number of carbonyl (C=O) groups is 1. The van der Waals surface area contributed by atoms with E-state index in [0.29, 0.717) is 5.75 Å². The van der Waals surface area contributed by atoms with E-state index in [9.17, 15) is 4.79 Å². The van der Waals surface area contributed by atoms with Crippen LogP contribution in [0.25, 0.3) is 0 Å². The van der Waals surface area contributed by atoms with Crippen LogP contribution < -0.4 is 9.47 Å². The van der Waals surface area contributed by atoms with Gasteiger partial charge in [0.15, 0.2) is 0 Å². The van der Waals surface area contributed by atoms with Crippen LogP contribution in [0, 0.1) is 0 Å². The zero-order valence-corrected chi connectivity index (χ0v) is 15.2. The Balaban J connectivity index is 0.00000261. The Bertz CT molecular complexity index is 868. The highest BCUT2D eigenvalue weighted by atomic mass is 16.5. The van der Waals surface area contributed by atoms with Gasteiger partial charge in [0.05, 0.1) is 7.11 Å². The van der Waals surface area contributed by atoms with E-state index in [0.717, 1.165) is 16.9 Å². The molecular formula is C24H26O3. The molecule has 0 aliphatic rings. The smallest absolute Gasteiger partial charge is 0.308 e. The third-order valence-corrected chi connectivity index (χ3v) is 4.71. The average molecular weight is 362 g/mol. The number of rotatable bonds is 5. The first kappa shape index (κ1) is 20.2. The highest BCUT2D eigenvalue weighted by molar-refractivity contribution is 5.69. The van der Waals surface area contributed by atoms with Gasteiger partial charge in [-0.25, -0.2) is 0 Å². The van der Waals surface area contributed by atoms with Crippen LogP contribution in [0.3, 0.4) is 0 Å². The minimum atomic E-state index is -0.345. The van der Waals surface area contributed by atoms with E-state index in [2.05, 4.69) is 31.2 Å². The van der Waals surface area contributed by atoms with Gasteiger partial charge in [0.25, 0.3) is 0 Å². The molecule has 1 unspecified atom stereocenters. The predicted octanol–water partition coefficient (Wildman–Crippen LogP) is 5.61. The quantitative estimate of drug-likeness (QED) is 0.336. The third kappa shape index (κ3) is 4.20. The van der Waals surface area contributed by atoms with Crippen LogP contribution in [0.2, 0.25) is 0 Å². The molecule has 0 amide bonds. The van der Waals surface area contributed by atoms with Crippen molar-refractivity contribution in [3.63, 3.8) is 0 Å². The second kappa shape index (κ2) is 8.54. The molecule has 3 aromatic carbocycles. The lowest BCUT2D eigenvalue weighted by molar-refractivity contribution is -0.131. The monoisotopic (exact) mass is 362 g/mol. The number of carbonyl (C=O) groups excluding carboxylic acids is 1. The van der Waals surface area contributed by atoms with Crippen molar-refractivity contribution in [3.8, 4) is 11.5 Å². The summed E-state index contributed by atoms with van der Waals surface area (Å²) in [7, 11) is 1.67. The summed E-state index contributed by atoms with van der Waals surface area (Å²) in [5.41, 5.74) is 3.11. The van der Waals surface area contributed by atoms with Gasteiger partial charge in [-0.05, 0) is 47.9 Å². The van der Waals surface area contributed by atoms with Crippen molar-refractivity contribution >= 4 is 5.97 Å². The van der Waals surface area contributed by atoms with E-state index >= 15 is 0 Å². The molecule has 3 heteroatoms. The zero-order chi connectivity index (χ0) is 18.6. The summed E-state index contributed by atoms with van der Waals surface area (Å²) in [6, 6.07) is 26.2. The Morgan fingerprint density at radius 2 is 1.19 bits per heavy atom. The average Bonchev–Trinajstić information content (AvgIpc) is 2.68.